The van der Waals surface area contributed by atoms with Gasteiger partial charge in [0.1, 0.15) is 5.75 Å². The number of phenolic OH excluding ortho intramolecular Hbond substituents is 1. The Bertz CT molecular complexity index is 717. The van der Waals surface area contributed by atoms with Gasteiger partial charge >= 0.3 is 5.97 Å². The number of hydrogen-bond donors (Lipinski definition) is 4. The largest absolute Gasteiger partial charge is 0.508 e. The van der Waals surface area contributed by atoms with Gasteiger partial charge in [0.05, 0.1) is 18.3 Å². The van der Waals surface area contributed by atoms with Gasteiger partial charge in [-0.05, 0) is 68.1 Å². The van der Waals surface area contributed by atoms with Gasteiger partial charge in [0.2, 0.25) is 0 Å². The zero-order chi connectivity index (χ0) is 21.5. The van der Waals surface area contributed by atoms with Crippen LogP contribution < -0.4 is 0 Å². The summed E-state index contributed by atoms with van der Waals surface area (Å²) in [5.41, 5.74) is 0.981. The number of carbonyl (C=O) groups is 1. The lowest BCUT2D eigenvalue weighted by Gasteiger charge is -2.21. The highest BCUT2D eigenvalue weighted by atomic mass is 16.5. The Hall–Kier alpha value is -1.89. The fraction of sp³-hybridized carbons (Fsp3) is 0.625. The first-order valence-corrected chi connectivity index (χ1v) is 11.1. The minimum absolute atomic E-state index is 0.0248. The average Bonchev–Trinajstić information content (AvgIpc) is 2.86. The molecule has 1 aliphatic heterocycles. The summed E-state index contributed by atoms with van der Waals surface area (Å²) in [5.74, 6) is 0.0661. The van der Waals surface area contributed by atoms with Gasteiger partial charge in [-0.1, -0.05) is 24.3 Å². The van der Waals surface area contributed by atoms with Crippen LogP contribution in [-0.4, -0.2) is 51.3 Å². The highest BCUT2D eigenvalue weighted by Gasteiger charge is 2.43. The third-order valence-corrected chi connectivity index (χ3v) is 6.54. The molecule has 1 aliphatic carbocycles. The van der Waals surface area contributed by atoms with Crippen molar-refractivity contribution in [3.05, 3.63) is 42.0 Å². The summed E-state index contributed by atoms with van der Waals surface area (Å²) < 4.78 is 6.09. The van der Waals surface area contributed by atoms with Gasteiger partial charge in [-0.15, -0.1) is 0 Å². The molecule has 1 saturated carbocycles. The molecular formula is C24H34O6. The molecule has 30 heavy (non-hydrogen) atoms. The van der Waals surface area contributed by atoms with E-state index < -0.39 is 18.2 Å². The molecule has 6 heteroatoms. The number of phenols is 1. The van der Waals surface area contributed by atoms with E-state index in [1.54, 1.807) is 24.3 Å². The molecule has 0 amide bonds. The van der Waals surface area contributed by atoms with E-state index in [2.05, 4.69) is 0 Å². The van der Waals surface area contributed by atoms with E-state index >= 15 is 0 Å². The van der Waals surface area contributed by atoms with Crippen LogP contribution in [0.15, 0.2) is 36.4 Å². The van der Waals surface area contributed by atoms with Crippen LogP contribution in [0.5, 0.6) is 5.75 Å². The Balaban J connectivity index is 1.49. The number of aliphatic carboxylic acids is 1. The molecule has 2 aliphatic rings. The SMILES string of the molecule is O=C(O)CCC[C@H]1CC[C@@H]2[C@@H](/C=C/[C@H](O)CCc3cccc(O)c3)[C@H](O)C[C@@H]2OC1. The van der Waals surface area contributed by atoms with Crippen LogP contribution in [0.1, 0.15) is 50.5 Å². The Morgan fingerprint density at radius 2 is 2.13 bits per heavy atom. The van der Waals surface area contributed by atoms with Crippen LogP contribution in [0.25, 0.3) is 0 Å². The van der Waals surface area contributed by atoms with Crippen molar-refractivity contribution in [1.82, 2.24) is 0 Å². The number of carboxylic acids is 1. The smallest absolute Gasteiger partial charge is 0.303 e. The second-order valence-corrected chi connectivity index (χ2v) is 8.81. The molecule has 1 aromatic rings. The van der Waals surface area contributed by atoms with E-state index in [9.17, 15) is 20.1 Å². The molecule has 1 heterocycles. The number of aliphatic hydroxyl groups excluding tert-OH is 2. The van der Waals surface area contributed by atoms with Crippen LogP contribution in [0.4, 0.5) is 0 Å². The topological polar surface area (TPSA) is 107 Å². The van der Waals surface area contributed by atoms with Gasteiger partial charge in [-0.2, -0.15) is 0 Å². The average molecular weight is 419 g/mol. The molecule has 6 atom stereocenters. The van der Waals surface area contributed by atoms with Crippen LogP contribution in [0.2, 0.25) is 0 Å². The van der Waals surface area contributed by atoms with Crippen LogP contribution in [-0.2, 0) is 16.0 Å². The predicted molar refractivity (Wildman–Crippen MR) is 113 cm³/mol. The van der Waals surface area contributed by atoms with Gasteiger partial charge in [-0.3, -0.25) is 4.79 Å². The van der Waals surface area contributed by atoms with Crippen molar-refractivity contribution < 1.29 is 30.0 Å². The number of aromatic hydroxyl groups is 1. The third kappa shape index (κ3) is 6.56. The molecule has 0 bridgehead atoms. The summed E-state index contributed by atoms with van der Waals surface area (Å²) in [7, 11) is 0. The third-order valence-electron chi connectivity index (χ3n) is 6.54. The molecule has 0 spiro atoms. The predicted octanol–water partition coefficient (Wildman–Crippen LogP) is 3.29. The van der Waals surface area contributed by atoms with E-state index in [1.165, 1.54) is 0 Å². The fourth-order valence-electron chi connectivity index (χ4n) is 4.86. The monoisotopic (exact) mass is 418 g/mol. The van der Waals surface area contributed by atoms with Crippen LogP contribution in [0, 0.1) is 17.8 Å². The Morgan fingerprint density at radius 3 is 2.90 bits per heavy atom. The first-order chi connectivity index (χ1) is 14.4. The summed E-state index contributed by atoms with van der Waals surface area (Å²) in [5, 5.41) is 39.2. The minimum Gasteiger partial charge on any atom is -0.508 e. The van der Waals surface area contributed by atoms with E-state index in [0.717, 1.165) is 24.8 Å². The lowest BCUT2D eigenvalue weighted by molar-refractivity contribution is -0.137. The molecule has 2 fully saturated rings. The lowest BCUT2D eigenvalue weighted by atomic mass is 9.86. The van der Waals surface area contributed by atoms with E-state index in [1.807, 2.05) is 12.1 Å². The summed E-state index contributed by atoms with van der Waals surface area (Å²) >= 11 is 0. The molecule has 0 radical (unpaired) electrons. The molecule has 166 valence electrons. The molecule has 4 N–H and O–H groups in total. The number of carboxylic acid groups (broad SMARTS) is 1. The number of rotatable bonds is 9. The maximum absolute atomic E-state index is 10.7. The highest BCUT2D eigenvalue weighted by Crippen LogP contribution is 2.42. The lowest BCUT2D eigenvalue weighted by Crippen LogP contribution is -2.21. The Kier molecular flexibility index (Phi) is 8.31. The number of ether oxygens (including phenoxy) is 1. The van der Waals surface area contributed by atoms with Gasteiger partial charge in [-0.25, -0.2) is 0 Å². The second-order valence-electron chi connectivity index (χ2n) is 8.81. The Morgan fingerprint density at radius 1 is 1.30 bits per heavy atom. The van der Waals surface area contributed by atoms with Crippen molar-refractivity contribution >= 4 is 5.97 Å². The van der Waals surface area contributed by atoms with Gasteiger partial charge < -0.3 is 25.2 Å². The highest BCUT2D eigenvalue weighted by molar-refractivity contribution is 5.66. The fourth-order valence-corrected chi connectivity index (χ4v) is 4.86. The summed E-state index contributed by atoms with van der Waals surface area (Å²) in [6.45, 7) is 0.635. The normalized spacial score (nSPS) is 30.1. The second kappa shape index (κ2) is 10.9. The summed E-state index contributed by atoms with van der Waals surface area (Å²) in [6.07, 6.45) is 8.22. The Labute approximate surface area is 178 Å². The molecule has 6 nitrogen and oxygen atoms in total. The standard InChI is InChI=1S/C24H34O6/c25-18(9-7-16-3-1-5-19(26)13-16)10-12-20-21-11-8-17(4-2-6-24(28)29)15-30-23(21)14-22(20)27/h1,3,5,10,12-13,17-18,20-23,25-27H,2,4,6-9,11,14-15H2,(H,28,29)/b12-10+/t17-,18+,20+,21+,22+,23-/m0/s1. The molecular weight excluding hydrogens is 384 g/mol. The quantitative estimate of drug-likeness (QED) is 0.459. The zero-order valence-corrected chi connectivity index (χ0v) is 17.4. The van der Waals surface area contributed by atoms with Crippen molar-refractivity contribution in [1.29, 1.82) is 0 Å². The molecule has 1 aromatic carbocycles. The van der Waals surface area contributed by atoms with Crippen molar-refractivity contribution in [2.45, 2.75) is 69.7 Å². The van der Waals surface area contributed by atoms with Gasteiger partial charge in [0.15, 0.2) is 0 Å². The number of aryl methyl sites for hydroxylation is 1. The van der Waals surface area contributed by atoms with Crippen LogP contribution in [0.3, 0.4) is 0 Å². The zero-order valence-electron chi connectivity index (χ0n) is 17.4. The maximum atomic E-state index is 10.7. The van der Waals surface area contributed by atoms with E-state index in [4.69, 9.17) is 9.84 Å². The molecule has 0 unspecified atom stereocenters. The minimum atomic E-state index is -0.752. The van der Waals surface area contributed by atoms with Crippen molar-refractivity contribution in [2.24, 2.45) is 17.8 Å². The molecule has 0 aromatic heterocycles. The number of hydrogen-bond acceptors (Lipinski definition) is 5. The van der Waals surface area contributed by atoms with Gasteiger partial charge in [0, 0.05) is 25.4 Å². The first-order valence-electron chi connectivity index (χ1n) is 11.1. The molecule has 1 saturated heterocycles. The van der Waals surface area contributed by atoms with E-state index in [-0.39, 0.29) is 30.1 Å². The number of aliphatic hydroxyl groups is 2. The summed E-state index contributed by atoms with van der Waals surface area (Å²) in [6, 6.07) is 7.06. The first kappa shape index (κ1) is 22.8. The maximum Gasteiger partial charge on any atom is 0.303 e. The van der Waals surface area contributed by atoms with Crippen molar-refractivity contribution in [2.75, 3.05) is 6.61 Å². The molecule has 3 rings (SSSR count). The van der Waals surface area contributed by atoms with Crippen molar-refractivity contribution in [3.63, 3.8) is 0 Å². The number of fused-ring (bicyclic) bond motifs is 1. The van der Waals surface area contributed by atoms with Crippen molar-refractivity contribution in [3.8, 4) is 5.75 Å². The van der Waals surface area contributed by atoms with E-state index in [0.29, 0.717) is 38.2 Å². The number of benzene rings is 1. The van der Waals surface area contributed by atoms with Gasteiger partial charge in [0.25, 0.3) is 0 Å². The summed E-state index contributed by atoms with van der Waals surface area (Å²) in [4.78, 5) is 10.7. The van der Waals surface area contributed by atoms with Crippen LogP contribution >= 0.6 is 0 Å².